The highest BCUT2D eigenvalue weighted by Gasteiger charge is 2.37. The Labute approximate surface area is 757 Å². The maximum Gasteiger partial charge on any atom is 0.417 e. The van der Waals surface area contributed by atoms with E-state index in [-0.39, 0.29) is 22.4 Å². The molecule has 0 atom stereocenters. The molecule has 0 aliphatic rings. The molecule has 0 saturated heterocycles. The maximum absolute atomic E-state index is 16.7. The lowest BCUT2D eigenvalue weighted by Crippen LogP contribution is -2.12. The molecule has 0 amide bonds. The summed E-state index contributed by atoms with van der Waals surface area (Å²) < 4.78 is 58.3. The van der Waals surface area contributed by atoms with Crippen LogP contribution in [-0.2, 0) is 6.18 Å². The second kappa shape index (κ2) is 31.6. The van der Waals surface area contributed by atoms with Crippen molar-refractivity contribution in [3.05, 3.63) is 376 Å². The van der Waals surface area contributed by atoms with Crippen LogP contribution in [0.4, 0.5) is 13.2 Å². The van der Waals surface area contributed by atoms with Crippen molar-refractivity contribution in [2.45, 2.75) is 6.18 Å². The van der Waals surface area contributed by atoms with Crippen LogP contribution >= 0.6 is 0 Å². The Morgan fingerprint density at radius 2 is 0.470 bits per heavy atom. The first-order valence-electron chi connectivity index (χ1n) is 42.4. The van der Waals surface area contributed by atoms with Crippen molar-refractivity contribution >= 4 is 87.2 Å². The van der Waals surface area contributed by atoms with Gasteiger partial charge in [-0.25, -0.2) is 79.7 Å². The summed E-state index contributed by atoms with van der Waals surface area (Å²) in [6.45, 7) is 0. The molecule has 0 fully saturated rings. The Kier molecular flexibility index (Phi) is 18.5. The molecule has 0 aliphatic carbocycles. The molecule has 134 heavy (non-hydrogen) atoms. The predicted octanol–water partition coefficient (Wildman–Crippen LogP) is 23.4. The van der Waals surface area contributed by atoms with E-state index in [1.54, 1.807) is 172 Å². The molecule has 0 saturated carbocycles. The maximum atomic E-state index is 16.7. The molecule has 0 aliphatic heterocycles. The fraction of sp³-hybridized carbons (Fsp3) is 0.00926. The molecule has 626 valence electrons. The second-order valence-corrected chi connectivity index (χ2v) is 32.0. The molecule has 12 heterocycles. The zero-order valence-corrected chi connectivity index (χ0v) is 69.9. The molecule has 24 aromatic rings. The Balaban J connectivity index is 0.653. The standard InChI is InChI=1S/C108H58F3N23/c109-108(110,111)87-54-99(134-94-48-71(104-123-37-7-38-124-104)14-22-79(94)80-23-15-72(49-95(80)134)105-125-39-8-40-126-105)98(53-82(87)65-12-2-10-63(42-65)56-113)133-92-47-70(103-121-35-6-36-122-103)13-21-77(92)78-24-16-73(50-93(78)133)107-129-60-76(61-130-107)75-58-127-106(128-59-75)69-20-28-89-86(46-69)83-43-66(100-115-29-3-30-116-100)17-25-88(83)131(89)96-51-74(57-114)81(64-11-1-9-62(41-64)55-112)52-97(96)132-90-26-18-67(101-117-31-4-32-118-101)44-84(90)85-45-68(19-27-91(85)132)102-119-33-5-34-120-102/h1-54,58-61H. The number of rotatable bonds is 15. The van der Waals surface area contributed by atoms with Crippen LogP contribution in [0.3, 0.4) is 0 Å². The number of hydrogen-bond acceptors (Lipinski definition) is 19. The molecule has 24 rings (SSSR count). The lowest BCUT2D eigenvalue weighted by atomic mass is 9.95. The van der Waals surface area contributed by atoms with Gasteiger partial charge in [-0.15, -0.1) is 0 Å². The number of fused-ring (bicyclic) bond motifs is 12. The summed E-state index contributed by atoms with van der Waals surface area (Å²) in [5, 5.41) is 38.5. The van der Waals surface area contributed by atoms with Crippen molar-refractivity contribution in [1.82, 2.24) is 98.0 Å². The van der Waals surface area contributed by atoms with Gasteiger partial charge in [0, 0.05) is 203 Å². The number of alkyl halides is 3. The number of hydrogen-bond donors (Lipinski definition) is 0. The van der Waals surface area contributed by atoms with Crippen LogP contribution in [0.5, 0.6) is 0 Å². The van der Waals surface area contributed by atoms with Gasteiger partial charge in [-0.2, -0.15) is 29.0 Å². The van der Waals surface area contributed by atoms with Gasteiger partial charge < -0.3 is 18.3 Å². The minimum atomic E-state index is -4.95. The Morgan fingerprint density at radius 3 is 0.769 bits per heavy atom. The molecule has 23 nitrogen and oxygen atoms in total. The Hall–Kier alpha value is -19.3. The summed E-state index contributed by atoms with van der Waals surface area (Å²) in [4.78, 5) is 76.0. The van der Waals surface area contributed by atoms with E-state index in [1.807, 2.05) is 137 Å². The number of benzene rings is 12. The third-order valence-electron chi connectivity index (χ3n) is 24.4. The van der Waals surface area contributed by atoms with Crippen LogP contribution in [0.25, 0.3) is 234 Å². The highest BCUT2D eigenvalue weighted by molar-refractivity contribution is 6.16. The summed E-state index contributed by atoms with van der Waals surface area (Å²) in [5.41, 5.74) is 15.4. The van der Waals surface area contributed by atoms with E-state index >= 15 is 13.2 Å². The molecule has 26 heteroatoms. The lowest BCUT2D eigenvalue weighted by molar-refractivity contribution is -0.137. The van der Waals surface area contributed by atoms with Gasteiger partial charge in [0.05, 0.1) is 107 Å². The minimum absolute atomic E-state index is 0.141. The zero-order chi connectivity index (χ0) is 89.8. The summed E-state index contributed by atoms with van der Waals surface area (Å²) in [6, 6.07) is 85.5. The molecule has 0 N–H and O–H groups in total. The average molecular weight is 1730 g/mol. The van der Waals surface area contributed by atoms with E-state index in [0.717, 1.165) is 81.8 Å². The topological polar surface area (TPSA) is 297 Å². The normalized spacial score (nSPS) is 11.7. The Morgan fingerprint density at radius 1 is 0.209 bits per heavy atom. The van der Waals surface area contributed by atoms with E-state index in [1.165, 1.54) is 12.1 Å². The van der Waals surface area contributed by atoms with Crippen LogP contribution in [0.15, 0.2) is 354 Å². The van der Waals surface area contributed by atoms with Crippen LogP contribution in [0.1, 0.15) is 22.3 Å². The molecule has 12 aromatic carbocycles. The highest BCUT2D eigenvalue weighted by atomic mass is 19.4. The number of nitrogens with zero attached hydrogens (tertiary/aromatic N) is 23. The van der Waals surface area contributed by atoms with Crippen molar-refractivity contribution in [2.75, 3.05) is 0 Å². The van der Waals surface area contributed by atoms with Gasteiger partial charge in [0.15, 0.2) is 46.6 Å². The zero-order valence-electron chi connectivity index (χ0n) is 69.9. The van der Waals surface area contributed by atoms with Crippen LogP contribution < -0.4 is 0 Å². The molecule has 0 spiro atoms. The smallest absolute Gasteiger partial charge is 0.307 e. The molecule has 0 bridgehead atoms. The van der Waals surface area contributed by atoms with Gasteiger partial charge in [-0.05, 0) is 199 Å². The SMILES string of the molecule is N#Cc1cccc(-c2cc(-n3c4ccc(-c5ncccn5)cc4c4cc(-c5ncccn5)ccc43)c(-n3c4ccc(-c5ncccn5)cc4c4cc(-c5ncc(-c6cnc(-c7ccc8c9ccc(-c%10ncccn%10)cc9n(-c9cc(-c%10cccc(C#N)c%10)c(C(F)(F)F)cc9-n9c%10cc(-c%11ncccn%11)ccc%10c%10ccc(-c%11ncccn%11)cc%109)c8c7)nc6)cn5)ccc43)cc2C#N)c1. The molecule has 12 aromatic heterocycles. The monoisotopic (exact) mass is 1730 g/mol. The van der Waals surface area contributed by atoms with Crippen molar-refractivity contribution in [3.63, 3.8) is 0 Å². The third-order valence-corrected chi connectivity index (χ3v) is 24.4. The van der Waals surface area contributed by atoms with Gasteiger partial charge in [0.25, 0.3) is 0 Å². The lowest BCUT2D eigenvalue weighted by Gasteiger charge is -2.22. The first-order chi connectivity index (χ1) is 65.9. The third kappa shape index (κ3) is 13.3. The predicted molar refractivity (Wildman–Crippen MR) is 507 cm³/mol. The quantitative estimate of drug-likeness (QED) is 0.0921. The second-order valence-electron chi connectivity index (χ2n) is 32.0. The van der Waals surface area contributed by atoms with Gasteiger partial charge in [-0.1, -0.05) is 72.8 Å². The summed E-state index contributed by atoms with van der Waals surface area (Å²) in [6.07, 6.45) is 22.1. The van der Waals surface area contributed by atoms with Crippen LogP contribution in [0, 0.1) is 34.0 Å². The van der Waals surface area contributed by atoms with E-state index in [9.17, 15) is 15.8 Å². The molecule has 0 unspecified atom stereocenters. The van der Waals surface area contributed by atoms with Gasteiger partial charge in [0.1, 0.15) is 0 Å². The van der Waals surface area contributed by atoms with Crippen molar-refractivity contribution in [2.24, 2.45) is 0 Å². The van der Waals surface area contributed by atoms with Gasteiger partial charge >= 0.3 is 6.18 Å². The van der Waals surface area contributed by atoms with E-state index in [4.69, 9.17) is 19.9 Å². The average Bonchev–Trinajstić information content (AvgIpc) is 1.55. The van der Waals surface area contributed by atoms with E-state index in [2.05, 4.69) is 130 Å². The molecular formula is C108H58F3N23. The van der Waals surface area contributed by atoms with Gasteiger partial charge in [0.2, 0.25) is 0 Å². The summed E-state index contributed by atoms with van der Waals surface area (Å²) >= 11 is 0. The first kappa shape index (κ1) is 78.2. The Bertz CT molecular complexity index is 8880. The van der Waals surface area contributed by atoms with Crippen molar-refractivity contribution < 1.29 is 13.2 Å². The fourth-order valence-electron chi connectivity index (χ4n) is 18.4. The number of halogens is 3. The van der Waals surface area contributed by atoms with Crippen molar-refractivity contribution in [3.8, 4) is 165 Å². The summed E-state index contributed by atoms with van der Waals surface area (Å²) in [5.74, 6) is 3.61. The largest absolute Gasteiger partial charge is 0.417 e. The van der Waals surface area contributed by atoms with Crippen molar-refractivity contribution in [1.29, 1.82) is 15.8 Å². The number of nitriles is 3. The first-order valence-corrected chi connectivity index (χ1v) is 42.4. The van der Waals surface area contributed by atoms with Crippen LogP contribution in [-0.4, -0.2) is 98.0 Å². The van der Waals surface area contributed by atoms with Crippen LogP contribution in [0.2, 0.25) is 0 Å². The highest BCUT2D eigenvalue weighted by Crippen LogP contribution is 2.49. The minimum Gasteiger partial charge on any atom is -0.307 e. The van der Waals surface area contributed by atoms with Gasteiger partial charge in [-0.3, -0.25) is 0 Å². The summed E-state index contributed by atoms with van der Waals surface area (Å²) in [7, 11) is 0. The van der Waals surface area contributed by atoms with E-state index in [0.29, 0.717) is 147 Å². The number of aromatic nitrogens is 20. The molecular weight excluding hydrogens is 1680 g/mol. The molecule has 0 radical (unpaired) electrons. The fourth-order valence-corrected chi connectivity index (χ4v) is 18.4. The van der Waals surface area contributed by atoms with E-state index < -0.39 is 11.7 Å².